The molecule has 1 aliphatic rings. The Morgan fingerprint density at radius 2 is 1.84 bits per heavy atom. The van der Waals surface area contributed by atoms with Gasteiger partial charge in [0.2, 0.25) is 0 Å². The van der Waals surface area contributed by atoms with Crippen molar-refractivity contribution in [3.05, 3.63) is 68.5 Å². The van der Waals surface area contributed by atoms with Gasteiger partial charge in [-0.2, -0.15) is 18.3 Å². The van der Waals surface area contributed by atoms with Gasteiger partial charge in [-0.15, -0.1) is 0 Å². The Labute approximate surface area is 193 Å². The van der Waals surface area contributed by atoms with Crippen LogP contribution in [0.4, 0.5) is 18.9 Å². The molecule has 4 rings (SSSR count). The zero-order valence-corrected chi connectivity index (χ0v) is 18.3. The summed E-state index contributed by atoms with van der Waals surface area (Å²) < 4.78 is 41.0. The molecule has 0 spiro atoms. The summed E-state index contributed by atoms with van der Waals surface area (Å²) in [5.74, 6) is -1.53. The van der Waals surface area contributed by atoms with E-state index in [0.29, 0.717) is 10.7 Å². The van der Waals surface area contributed by atoms with Crippen LogP contribution in [-0.2, 0) is 6.18 Å². The summed E-state index contributed by atoms with van der Waals surface area (Å²) in [7, 11) is 1.43. The van der Waals surface area contributed by atoms with E-state index in [2.05, 4.69) is 10.1 Å². The first-order valence-electron chi connectivity index (χ1n) is 8.83. The van der Waals surface area contributed by atoms with Gasteiger partial charge in [0.05, 0.1) is 21.3 Å². The minimum absolute atomic E-state index is 0.0136. The number of pyridine rings is 1. The maximum atomic E-state index is 13.5. The van der Waals surface area contributed by atoms with E-state index in [1.54, 1.807) is 0 Å². The van der Waals surface area contributed by atoms with Crippen molar-refractivity contribution in [2.45, 2.75) is 6.18 Å². The molecule has 1 aromatic carbocycles. The molecule has 0 aliphatic carbocycles. The molecular formula is C19H11Cl3F3N5O2. The van der Waals surface area contributed by atoms with E-state index < -0.39 is 29.4 Å². The smallest absolute Gasteiger partial charge is 0.323 e. The lowest BCUT2D eigenvalue weighted by Gasteiger charge is -2.35. The third-order valence-corrected chi connectivity index (χ3v) is 5.43. The molecule has 0 saturated carbocycles. The van der Waals surface area contributed by atoms with Crippen LogP contribution in [0.15, 0.2) is 36.5 Å². The van der Waals surface area contributed by atoms with Crippen molar-refractivity contribution in [1.29, 1.82) is 0 Å². The van der Waals surface area contributed by atoms with E-state index in [4.69, 9.17) is 34.8 Å². The minimum Gasteiger partial charge on any atom is -0.323 e. The summed E-state index contributed by atoms with van der Waals surface area (Å²) in [5, 5.41) is 3.65. The number of rotatable bonds is 2. The van der Waals surface area contributed by atoms with Gasteiger partial charge in [0.15, 0.2) is 11.5 Å². The van der Waals surface area contributed by atoms with Crippen LogP contribution in [0.25, 0.3) is 5.82 Å². The predicted molar refractivity (Wildman–Crippen MR) is 112 cm³/mol. The van der Waals surface area contributed by atoms with Crippen molar-refractivity contribution in [2.75, 3.05) is 18.6 Å². The standard InChI is InChI=1S/C19H11Cl3F3N5O2/c1-28-8-29(15-10(17(28)31)5-9(20)6-12(15)22)18(32)13-7-14(19(23,24)25)27-30(13)16-11(21)3-2-4-26-16/h2-7H,8H2,1H3. The molecule has 32 heavy (non-hydrogen) atoms. The van der Waals surface area contributed by atoms with Gasteiger partial charge in [0, 0.05) is 24.3 Å². The summed E-state index contributed by atoms with van der Waals surface area (Å²) in [6, 6.07) is 6.12. The quantitative estimate of drug-likeness (QED) is 0.496. The first kappa shape index (κ1) is 22.4. The molecule has 2 aromatic heterocycles. The molecule has 166 valence electrons. The van der Waals surface area contributed by atoms with Gasteiger partial charge in [-0.1, -0.05) is 34.8 Å². The van der Waals surface area contributed by atoms with Gasteiger partial charge in [-0.3, -0.25) is 14.5 Å². The van der Waals surface area contributed by atoms with E-state index in [0.717, 1.165) is 4.90 Å². The fourth-order valence-corrected chi connectivity index (χ4v) is 4.02. The maximum Gasteiger partial charge on any atom is 0.435 e. The number of fused-ring (bicyclic) bond motifs is 1. The second-order valence-corrected chi connectivity index (χ2v) is 8.05. The van der Waals surface area contributed by atoms with Crippen molar-refractivity contribution in [3.8, 4) is 5.82 Å². The Kier molecular flexibility index (Phi) is 5.56. The third kappa shape index (κ3) is 3.78. The number of hydrogen-bond acceptors (Lipinski definition) is 4. The molecule has 0 saturated heterocycles. The molecule has 0 N–H and O–H groups in total. The summed E-state index contributed by atoms with van der Waals surface area (Å²) in [5.41, 5.74) is -1.73. The van der Waals surface area contributed by atoms with E-state index >= 15 is 0 Å². The Hall–Kier alpha value is -2.82. The molecular weight excluding hydrogens is 494 g/mol. The van der Waals surface area contributed by atoms with Crippen LogP contribution >= 0.6 is 34.8 Å². The average Bonchev–Trinajstić information content (AvgIpc) is 3.16. The molecule has 0 atom stereocenters. The number of aromatic nitrogens is 3. The Morgan fingerprint density at radius 3 is 2.50 bits per heavy atom. The number of nitrogens with zero attached hydrogens (tertiary/aromatic N) is 5. The number of halogens is 6. The van der Waals surface area contributed by atoms with Crippen LogP contribution in [-0.4, -0.2) is 45.2 Å². The van der Waals surface area contributed by atoms with Gasteiger partial charge in [0.25, 0.3) is 11.8 Å². The number of carbonyl (C=O) groups excluding carboxylic acids is 2. The maximum absolute atomic E-state index is 13.5. The lowest BCUT2D eigenvalue weighted by molar-refractivity contribution is -0.141. The first-order chi connectivity index (χ1) is 15.0. The zero-order valence-electron chi connectivity index (χ0n) is 16.0. The fraction of sp³-hybridized carbons (Fsp3) is 0.158. The monoisotopic (exact) mass is 503 g/mol. The highest BCUT2D eigenvalue weighted by molar-refractivity contribution is 6.38. The molecule has 3 aromatic rings. The molecule has 13 heteroatoms. The first-order valence-corrected chi connectivity index (χ1v) is 9.97. The largest absolute Gasteiger partial charge is 0.435 e. The highest BCUT2D eigenvalue weighted by Gasteiger charge is 2.39. The van der Waals surface area contributed by atoms with Gasteiger partial charge in [-0.25, -0.2) is 9.67 Å². The Bertz CT molecular complexity index is 1260. The highest BCUT2D eigenvalue weighted by atomic mass is 35.5. The summed E-state index contributed by atoms with van der Waals surface area (Å²) in [4.78, 5) is 32.3. The predicted octanol–water partition coefficient (Wildman–Crippen LogP) is 4.94. The average molecular weight is 505 g/mol. The molecule has 0 radical (unpaired) electrons. The SMILES string of the molecule is CN1CN(C(=O)c2cc(C(F)(F)F)nn2-c2ncccc2Cl)c2c(Cl)cc(Cl)cc2C1=O. The Morgan fingerprint density at radius 1 is 1.12 bits per heavy atom. The van der Waals surface area contributed by atoms with Crippen LogP contribution in [0.2, 0.25) is 15.1 Å². The topological polar surface area (TPSA) is 71.3 Å². The Balaban J connectivity index is 1.91. The van der Waals surface area contributed by atoms with Gasteiger partial charge < -0.3 is 4.90 Å². The van der Waals surface area contributed by atoms with Gasteiger partial charge in [-0.05, 0) is 24.3 Å². The summed E-state index contributed by atoms with van der Waals surface area (Å²) >= 11 is 18.3. The van der Waals surface area contributed by atoms with E-state index in [9.17, 15) is 22.8 Å². The number of anilines is 1. The normalized spacial score (nSPS) is 14.0. The minimum atomic E-state index is -4.83. The van der Waals surface area contributed by atoms with Gasteiger partial charge in [0.1, 0.15) is 12.4 Å². The lowest BCUT2D eigenvalue weighted by Crippen LogP contribution is -2.48. The van der Waals surface area contributed by atoms with Crippen molar-refractivity contribution in [1.82, 2.24) is 19.7 Å². The van der Waals surface area contributed by atoms with Crippen molar-refractivity contribution in [2.24, 2.45) is 0 Å². The van der Waals surface area contributed by atoms with Crippen LogP contribution in [0.5, 0.6) is 0 Å². The van der Waals surface area contributed by atoms with Crippen LogP contribution in [0.3, 0.4) is 0 Å². The van der Waals surface area contributed by atoms with Crippen LogP contribution in [0, 0.1) is 0 Å². The molecule has 1 aliphatic heterocycles. The highest BCUT2D eigenvalue weighted by Crippen LogP contribution is 2.38. The fourth-order valence-electron chi connectivity index (χ4n) is 3.23. The number of benzene rings is 1. The van der Waals surface area contributed by atoms with E-state index in [-0.39, 0.29) is 38.8 Å². The van der Waals surface area contributed by atoms with Crippen LogP contribution in [0.1, 0.15) is 26.5 Å². The number of alkyl halides is 3. The van der Waals surface area contributed by atoms with E-state index in [1.807, 2.05) is 0 Å². The van der Waals surface area contributed by atoms with Crippen molar-refractivity contribution < 1.29 is 22.8 Å². The molecule has 7 nitrogen and oxygen atoms in total. The second kappa shape index (κ2) is 7.95. The third-order valence-electron chi connectivity index (χ3n) is 4.63. The summed E-state index contributed by atoms with van der Waals surface area (Å²) in [6.45, 7) is -0.269. The van der Waals surface area contributed by atoms with Crippen LogP contribution < -0.4 is 4.90 Å². The van der Waals surface area contributed by atoms with Gasteiger partial charge >= 0.3 is 6.18 Å². The summed E-state index contributed by atoms with van der Waals surface area (Å²) in [6.07, 6.45) is -3.54. The second-order valence-electron chi connectivity index (χ2n) is 6.79. The molecule has 3 heterocycles. The number of carbonyl (C=O) groups is 2. The molecule has 0 bridgehead atoms. The van der Waals surface area contributed by atoms with Crippen molar-refractivity contribution >= 4 is 52.3 Å². The molecule has 0 unspecified atom stereocenters. The van der Waals surface area contributed by atoms with Crippen molar-refractivity contribution in [3.63, 3.8) is 0 Å². The molecule has 0 fully saturated rings. The number of amides is 2. The lowest BCUT2D eigenvalue weighted by atomic mass is 10.1. The van der Waals surface area contributed by atoms with E-state index in [1.165, 1.54) is 42.4 Å². The number of hydrogen-bond donors (Lipinski definition) is 0. The molecule has 2 amide bonds. The zero-order chi connectivity index (χ0) is 23.4.